The van der Waals surface area contributed by atoms with Gasteiger partial charge in [-0.25, -0.2) is 8.78 Å². The number of esters is 1. The summed E-state index contributed by atoms with van der Waals surface area (Å²) in [5.74, 6) is -2.97. The van der Waals surface area contributed by atoms with Crippen molar-refractivity contribution in [3.8, 4) is 11.1 Å². The molecule has 0 spiro atoms. The van der Waals surface area contributed by atoms with Crippen molar-refractivity contribution in [3.05, 3.63) is 95.1 Å². The van der Waals surface area contributed by atoms with Gasteiger partial charge in [-0.05, 0) is 53.4 Å². The number of alkyl halides is 3. The third-order valence-electron chi connectivity index (χ3n) is 6.28. The molecule has 3 aromatic rings. The van der Waals surface area contributed by atoms with Gasteiger partial charge in [-0.3, -0.25) is 14.5 Å². The molecular formula is C27H23F5N2O3. The topological polar surface area (TPSA) is 58.6 Å². The van der Waals surface area contributed by atoms with Gasteiger partial charge in [0.1, 0.15) is 6.04 Å². The van der Waals surface area contributed by atoms with Gasteiger partial charge in [0, 0.05) is 24.7 Å². The number of rotatable bonds is 6. The minimum Gasteiger partial charge on any atom is -0.468 e. The molecule has 10 heteroatoms. The van der Waals surface area contributed by atoms with Gasteiger partial charge in [-0.1, -0.05) is 36.4 Å². The Bertz CT molecular complexity index is 1290. The van der Waals surface area contributed by atoms with Crippen molar-refractivity contribution in [2.75, 3.05) is 13.7 Å². The van der Waals surface area contributed by atoms with E-state index in [2.05, 4.69) is 5.32 Å². The van der Waals surface area contributed by atoms with Crippen molar-refractivity contribution < 1.29 is 36.3 Å². The fourth-order valence-electron chi connectivity index (χ4n) is 4.47. The van der Waals surface area contributed by atoms with Gasteiger partial charge < -0.3 is 10.1 Å². The standard InChI is InChI=1S/C27H23F5N2O3/c1-37-26(36)24-13-19(15-34(24)14-16-6-11-22(28)23(29)12-16)33-25(35)21-5-3-2-4-20(21)17-7-9-18(10-8-17)27(30,31)32/h2-12,19,24H,13-15H2,1H3,(H,33,35)/t19-,24-/m0/s1. The first-order chi connectivity index (χ1) is 17.6. The lowest BCUT2D eigenvalue weighted by Crippen LogP contribution is -2.38. The van der Waals surface area contributed by atoms with Crippen LogP contribution in [0.3, 0.4) is 0 Å². The molecule has 1 aliphatic heterocycles. The van der Waals surface area contributed by atoms with E-state index in [-0.39, 0.29) is 25.1 Å². The lowest BCUT2D eigenvalue weighted by Gasteiger charge is -2.22. The van der Waals surface area contributed by atoms with E-state index in [4.69, 9.17) is 4.74 Å². The van der Waals surface area contributed by atoms with E-state index in [0.29, 0.717) is 16.7 Å². The van der Waals surface area contributed by atoms with E-state index >= 15 is 0 Å². The number of carbonyl (C=O) groups excluding carboxylic acids is 2. The molecule has 0 aromatic heterocycles. The molecule has 3 aromatic carbocycles. The maximum Gasteiger partial charge on any atom is 0.416 e. The number of methoxy groups -OCH3 is 1. The number of benzene rings is 3. The summed E-state index contributed by atoms with van der Waals surface area (Å²) in [6.07, 6.45) is -4.25. The van der Waals surface area contributed by atoms with E-state index in [1.807, 2.05) is 0 Å². The Morgan fingerprint density at radius 1 is 1.00 bits per heavy atom. The predicted octanol–water partition coefficient (Wildman–Crippen LogP) is 5.20. The third-order valence-corrected chi connectivity index (χ3v) is 6.28. The highest BCUT2D eigenvalue weighted by atomic mass is 19.4. The van der Waals surface area contributed by atoms with Crippen molar-refractivity contribution in [2.45, 2.75) is 31.2 Å². The molecule has 1 heterocycles. The highest BCUT2D eigenvalue weighted by molar-refractivity contribution is 6.01. The summed E-state index contributed by atoms with van der Waals surface area (Å²) in [5, 5.41) is 2.88. The van der Waals surface area contributed by atoms with Crippen molar-refractivity contribution in [1.29, 1.82) is 0 Å². The zero-order chi connectivity index (χ0) is 26.7. The molecule has 0 aliphatic carbocycles. The summed E-state index contributed by atoms with van der Waals surface area (Å²) in [6, 6.07) is 13.3. The van der Waals surface area contributed by atoms with Gasteiger partial charge in [0.15, 0.2) is 11.6 Å². The van der Waals surface area contributed by atoms with Crippen molar-refractivity contribution in [1.82, 2.24) is 10.2 Å². The predicted molar refractivity (Wildman–Crippen MR) is 125 cm³/mol. The van der Waals surface area contributed by atoms with Crippen LogP contribution in [0.4, 0.5) is 22.0 Å². The average Bonchev–Trinajstić information content (AvgIpc) is 3.27. The normalized spacial score (nSPS) is 18.0. The summed E-state index contributed by atoms with van der Waals surface area (Å²) in [6.45, 7) is 0.373. The van der Waals surface area contributed by atoms with Crippen LogP contribution in [0.2, 0.25) is 0 Å². The highest BCUT2D eigenvalue weighted by Crippen LogP contribution is 2.32. The van der Waals surface area contributed by atoms with Crippen molar-refractivity contribution >= 4 is 11.9 Å². The molecule has 1 amide bonds. The van der Waals surface area contributed by atoms with E-state index in [0.717, 1.165) is 24.3 Å². The maximum atomic E-state index is 13.7. The van der Waals surface area contributed by atoms with Crippen LogP contribution in [0.1, 0.15) is 27.9 Å². The molecule has 1 N–H and O–H groups in total. The van der Waals surface area contributed by atoms with Gasteiger partial charge in [0.05, 0.1) is 12.7 Å². The van der Waals surface area contributed by atoms with Crippen LogP contribution in [-0.4, -0.2) is 42.5 Å². The van der Waals surface area contributed by atoms with Crippen LogP contribution in [0, 0.1) is 11.6 Å². The molecule has 0 bridgehead atoms. The number of halogens is 5. The van der Waals surface area contributed by atoms with Gasteiger partial charge in [0.2, 0.25) is 0 Å². The smallest absolute Gasteiger partial charge is 0.416 e. The first-order valence-electron chi connectivity index (χ1n) is 11.4. The SMILES string of the molecule is COC(=O)[C@@H]1C[C@H](NC(=O)c2ccccc2-c2ccc(C(F)(F)F)cc2)CN1Cc1ccc(F)c(F)c1. The van der Waals surface area contributed by atoms with E-state index in [9.17, 15) is 31.5 Å². The molecule has 0 saturated carbocycles. The summed E-state index contributed by atoms with van der Waals surface area (Å²) in [5.41, 5.74) is 0.815. The fraction of sp³-hybridized carbons (Fsp3) is 0.259. The summed E-state index contributed by atoms with van der Waals surface area (Å²) in [7, 11) is 1.24. The number of hydrogen-bond donors (Lipinski definition) is 1. The third kappa shape index (κ3) is 5.96. The minimum absolute atomic E-state index is 0.130. The largest absolute Gasteiger partial charge is 0.468 e. The van der Waals surface area contributed by atoms with Crippen LogP contribution >= 0.6 is 0 Å². The fourth-order valence-corrected chi connectivity index (χ4v) is 4.47. The molecule has 37 heavy (non-hydrogen) atoms. The Morgan fingerprint density at radius 3 is 2.35 bits per heavy atom. The van der Waals surface area contributed by atoms with Gasteiger partial charge in [-0.15, -0.1) is 0 Å². The Kier molecular flexibility index (Phi) is 7.58. The van der Waals surface area contributed by atoms with Crippen molar-refractivity contribution in [2.24, 2.45) is 0 Å². The molecule has 4 rings (SSSR count). The molecule has 0 unspecified atom stereocenters. The second kappa shape index (κ2) is 10.7. The number of ether oxygens (including phenoxy) is 1. The Morgan fingerprint density at radius 2 is 1.70 bits per heavy atom. The van der Waals surface area contributed by atoms with Crippen molar-refractivity contribution in [3.63, 3.8) is 0 Å². The van der Waals surface area contributed by atoms with Crippen LogP contribution < -0.4 is 5.32 Å². The molecule has 2 atom stereocenters. The summed E-state index contributed by atoms with van der Waals surface area (Å²) in [4.78, 5) is 27.3. The second-order valence-electron chi connectivity index (χ2n) is 8.74. The van der Waals surface area contributed by atoms with Crippen LogP contribution in [0.25, 0.3) is 11.1 Å². The van der Waals surface area contributed by atoms with Gasteiger partial charge in [0.25, 0.3) is 5.91 Å². The zero-order valence-electron chi connectivity index (χ0n) is 19.7. The quantitative estimate of drug-likeness (QED) is 0.360. The monoisotopic (exact) mass is 518 g/mol. The maximum absolute atomic E-state index is 13.7. The van der Waals surface area contributed by atoms with E-state index in [1.165, 1.54) is 25.3 Å². The molecular weight excluding hydrogens is 495 g/mol. The average molecular weight is 518 g/mol. The lowest BCUT2D eigenvalue weighted by atomic mass is 9.98. The summed E-state index contributed by atoms with van der Waals surface area (Å²) < 4.78 is 70.7. The molecule has 1 aliphatic rings. The Labute approximate surface area is 209 Å². The number of nitrogens with one attached hydrogen (secondary N) is 1. The van der Waals surface area contributed by atoms with E-state index < -0.39 is 47.3 Å². The summed E-state index contributed by atoms with van der Waals surface area (Å²) >= 11 is 0. The highest BCUT2D eigenvalue weighted by Gasteiger charge is 2.38. The zero-order valence-corrected chi connectivity index (χ0v) is 19.7. The molecule has 194 valence electrons. The first kappa shape index (κ1) is 26.3. The van der Waals surface area contributed by atoms with E-state index in [1.54, 1.807) is 29.2 Å². The van der Waals surface area contributed by atoms with Gasteiger partial charge >= 0.3 is 12.1 Å². The first-order valence-corrected chi connectivity index (χ1v) is 11.4. The Hall–Kier alpha value is -3.79. The Balaban J connectivity index is 1.52. The second-order valence-corrected chi connectivity index (χ2v) is 8.74. The van der Waals surface area contributed by atoms with Gasteiger partial charge in [-0.2, -0.15) is 13.2 Å². The number of carbonyl (C=O) groups is 2. The van der Waals surface area contributed by atoms with Crippen LogP contribution in [0.15, 0.2) is 66.7 Å². The van der Waals surface area contributed by atoms with Crippen LogP contribution in [-0.2, 0) is 22.3 Å². The molecule has 1 saturated heterocycles. The number of nitrogens with zero attached hydrogens (tertiary/aromatic N) is 1. The lowest BCUT2D eigenvalue weighted by molar-refractivity contribution is -0.146. The molecule has 1 fully saturated rings. The minimum atomic E-state index is -4.47. The number of likely N-dealkylation sites (tertiary alicyclic amines) is 1. The number of amides is 1. The number of hydrogen-bond acceptors (Lipinski definition) is 4. The van der Waals surface area contributed by atoms with Crippen LogP contribution in [0.5, 0.6) is 0 Å². The molecule has 0 radical (unpaired) electrons. The molecule has 5 nitrogen and oxygen atoms in total.